The zero-order chi connectivity index (χ0) is 9.64. The zero-order valence-electron chi connectivity index (χ0n) is 8.61. The van der Waals surface area contributed by atoms with Crippen molar-refractivity contribution in [3.05, 3.63) is 30.3 Å². The van der Waals surface area contributed by atoms with Crippen LogP contribution in [0.4, 0.5) is 0 Å². The molecule has 0 aromatic heterocycles. The molecule has 0 unspecified atom stereocenters. The predicted octanol–water partition coefficient (Wildman–Crippen LogP) is 4.36. The smallest absolute Gasteiger partial charge is 0.00719 e. The van der Waals surface area contributed by atoms with Crippen LogP contribution >= 0.6 is 11.8 Å². The molecule has 0 amide bonds. The van der Waals surface area contributed by atoms with E-state index in [0.717, 1.165) is 5.92 Å². The van der Waals surface area contributed by atoms with Crippen molar-refractivity contribution in [3.8, 4) is 0 Å². The number of benzene rings is 1. The number of thioether (sulfide) groups is 1. The minimum absolute atomic E-state index is 1.11. The van der Waals surface area contributed by atoms with Crippen LogP contribution in [0.5, 0.6) is 0 Å². The van der Waals surface area contributed by atoms with Crippen LogP contribution < -0.4 is 0 Å². The van der Waals surface area contributed by atoms with E-state index < -0.39 is 0 Å². The number of rotatable bonds is 6. The van der Waals surface area contributed by atoms with Crippen molar-refractivity contribution in [3.63, 3.8) is 0 Å². The first-order chi connectivity index (χ1) is 6.95. The lowest BCUT2D eigenvalue weighted by molar-refractivity contribution is 0.658. The molecule has 1 saturated carbocycles. The van der Waals surface area contributed by atoms with Crippen molar-refractivity contribution in [1.82, 2.24) is 0 Å². The molecule has 0 aliphatic heterocycles. The molecular weight excluding hydrogens is 188 g/mol. The fraction of sp³-hybridized carbons (Fsp3) is 0.538. The van der Waals surface area contributed by atoms with Gasteiger partial charge in [0.25, 0.3) is 0 Å². The Bertz CT molecular complexity index is 251. The van der Waals surface area contributed by atoms with Crippen LogP contribution in [0.1, 0.15) is 32.1 Å². The Balaban J connectivity index is 1.54. The fourth-order valence-corrected chi connectivity index (χ4v) is 2.58. The molecule has 1 aliphatic carbocycles. The molecule has 1 fully saturated rings. The molecule has 1 heteroatoms. The van der Waals surface area contributed by atoms with E-state index in [1.165, 1.54) is 42.8 Å². The number of hydrogen-bond acceptors (Lipinski definition) is 1. The van der Waals surface area contributed by atoms with Gasteiger partial charge < -0.3 is 0 Å². The van der Waals surface area contributed by atoms with Gasteiger partial charge in [0.15, 0.2) is 0 Å². The predicted molar refractivity (Wildman–Crippen MR) is 63.7 cm³/mol. The first kappa shape index (κ1) is 10.1. The Morgan fingerprint density at radius 3 is 2.57 bits per heavy atom. The van der Waals surface area contributed by atoms with Crippen LogP contribution in [0, 0.1) is 5.92 Å². The molecular formula is C13H18S. The summed E-state index contributed by atoms with van der Waals surface area (Å²) in [6, 6.07) is 10.7. The maximum absolute atomic E-state index is 2.20. The number of hydrogen-bond donors (Lipinski definition) is 0. The van der Waals surface area contributed by atoms with Gasteiger partial charge in [-0.15, -0.1) is 11.8 Å². The third-order valence-corrected chi connectivity index (χ3v) is 3.81. The van der Waals surface area contributed by atoms with Gasteiger partial charge in [-0.05, 0) is 30.2 Å². The largest absolute Gasteiger partial charge is 0.126 e. The minimum atomic E-state index is 1.11. The summed E-state index contributed by atoms with van der Waals surface area (Å²) >= 11 is 1.99. The lowest BCUT2D eigenvalue weighted by Crippen LogP contribution is -1.82. The van der Waals surface area contributed by atoms with Gasteiger partial charge in [-0.3, -0.25) is 0 Å². The van der Waals surface area contributed by atoms with Crippen LogP contribution in [0.3, 0.4) is 0 Å². The summed E-state index contributed by atoms with van der Waals surface area (Å²) in [6.07, 6.45) is 7.31. The molecule has 0 bridgehead atoms. The quantitative estimate of drug-likeness (QED) is 0.492. The van der Waals surface area contributed by atoms with Crippen LogP contribution in [-0.4, -0.2) is 5.75 Å². The molecule has 76 valence electrons. The Labute approximate surface area is 91.1 Å². The summed E-state index contributed by atoms with van der Waals surface area (Å²) < 4.78 is 0. The van der Waals surface area contributed by atoms with Crippen molar-refractivity contribution < 1.29 is 0 Å². The molecule has 0 spiro atoms. The third-order valence-electron chi connectivity index (χ3n) is 2.72. The highest BCUT2D eigenvalue weighted by molar-refractivity contribution is 7.99. The Hall–Kier alpha value is -0.430. The summed E-state index contributed by atoms with van der Waals surface area (Å²) in [7, 11) is 0. The van der Waals surface area contributed by atoms with E-state index in [1.54, 1.807) is 0 Å². The Kier molecular flexibility index (Phi) is 3.93. The Morgan fingerprint density at radius 1 is 1.07 bits per heavy atom. The van der Waals surface area contributed by atoms with Gasteiger partial charge in [-0.2, -0.15) is 0 Å². The van der Waals surface area contributed by atoms with E-state index >= 15 is 0 Å². The lowest BCUT2D eigenvalue weighted by atomic mass is 10.2. The van der Waals surface area contributed by atoms with E-state index in [-0.39, 0.29) is 0 Å². The molecule has 0 nitrogen and oxygen atoms in total. The summed E-state index contributed by atoms with van der Waals surface area (Å²) in [4.78, 5) is 1.42. The summed E-state index contributed by atoms with van der Waals surface area (Å²) in [5.41, 5.74) is 0. The minimum Gasteiger partial charge on any atom is -0.126 e. The van der Waals surface area contributed by atoms with Crippen LogP contribution in [-0.2, 0) is 0 Å². The van der Waals surface area contributed by atoms with Gasteiger partial charge in [0.05, 0.1) is 0 Å². The first-order valence-electron chi connectivity index (χ1n) is 5.63. The van der Waals surface area contributed by atoms with Crippen LogP contribution in [0.2, 0.25) is 0 Å². The topological polar surface area (TPSA) is 0 Å². The highest BCUT2D eigenvalue weighted by Gasteiger charge is 2.19. The van der Waals surface area contributed by atoms with Gasteiger partial charge in [-0.1, -0.05) is 43.9 Å². The highest BCUT2D eigenvalue weighted by atomic mass is 32.2. The van der Waals surface area contributed by atoms with Crippen molar-refractivity contribution >= 4 is 11.8 Å². The van der Waals surface area contributed by atoms with Crippen molar-refractivity contribution in [2.75, 3.05) is 5.75 Å². The second-order valence-electron chi connectivity index (χ2n) is 4.10. The molecule has 1 aliphatic rings. The van der Waals surface area contributed by atoms with Crippen molar-refractivity contribution in [1.29, 1.82) is 0 Å². The summed E-state index contributed by atoms with van der Waals surface area (Å²) in [6.45, 7) is 0. The molecule has 2 rings (SSSR count). The maximum atomic E-state index is 2.20. The van der Waals surface area contributed by atoms with E-state index in [0.29, 0.717) is 0 Å². The first-order valence-corrected chi connectivity index (χ1v) is 6.61. The van der Waals surface area contributed by atoms with Crippen molar-refractivity contribution in [2.24, 2.45) is 5.92 Å². The molecule has 14 heavy (non-hydrogen) atoms. The average Bonchev–Trinajstić information content (AvgIpc) is 3.03. The maximum Gasteiger partial charge on any atom is 0.00719 e. The lowest BCUT2D eigenvalue weighted by Gasteiger charge is -2.00. The summed E-state index contributed by atoms with van der Waals surface area (Å²) in [5.74, 6) is 2.40. The number of unbranched alkanes of at least 4 members (excludes halogenated alkanes) is 1. The van der Waals surface area contributed by atoms with E-state index in [1.807, 2.05) is 11.8 Å². The fourth-order valence-electron chi connectivity index (χ4n) is 1.65. The van der Waals surface area contributed by atoms with E-state index in [4.69, 9.17) is 0 Å². The second kappa shape index (κ2) is 5.45. The summed E-state index contributed by atoms with van der Waals surface area (Å²) in [5, 5.41) is 0. The Morgan fingerprint density at radius 2 is 1.86 bits per heavy atom. The molecule has 0 saturated heterocycles. The zero-order valence-corrected chi connectivity index (χ0v) is 9.43. The van der Waals surface area contributed by atoms with Gasteiger partial charge in [0.2, 0.25) is 0 Å². The monoisotopic (exact) mass is 206 g/mol. The molecule has 0 heterocycles. The van der Waals surface area contributed by atoms with Crippen molar-refractivity contribution in [2.45, 2.75) is 37.0 Å². The molecule has 0 N–H and O–H groups in total. The molecule has 1 aromatic carbocycles. The van der Waals surface area contributed by atoms with Gasteiger partial charge >= 0.3 is 0 Å². The SMILES string of the molecule is c1ccc(SCCCCC2CC2)cc1. The van der Waals surface area contributed by atoms with Gasteiger partial charge in [0.1, 0.15) is 0 Å². The molecule has 1 aromatic rings. The normalized spacial score (nSPS) is 15.7. The van der Waals surface area contributed by atoms with E-state index in [2.05, 4.69) is 30.3 Å². The van der Waals surface area contributed by atoms with E-state index in [9.17, 15) is 0 Å². The standard InChI is InChI=1S/C13H18S/c1-2-7-13(8-3-1)14-11-5-4-6-12-9-10-12/h1-3,7-8,12H,4-6,9-11H2. The molecule has 0 radical (unpaired) electrons. The van der Waals surface area contributed by atoms with Crippen LogP contribution in [0.15, 0.2) is 35.2 Å². The van der Waals surface area contributed by atoms with Gasteiger partial charge in [-0.25, -0.2) is 0 Å². The average molecular weight is 206 g/mol. The second-order valence-corrected chi connectivity index (χ2v) is 5.27. The van der Waals surface area contributed by atoms with Crippen LogP contribution in [0.25, 0.3) is 0 Å². The molecule has 0 atom stereocenters. The highest BCUT2D eigenvalue weighted by Crippen LogP contribution is 2.34. The third kappa shape index (κ3) is 3.75. The van der Waals surface area contributed by atoms with Gasteiger partial charge in [0, 0.05) is 4.90 Å².